The van der Waals surface area contributed by atoms with Gasteiger partial charge >= 0.3 is 0 Å². The molecule has 6 heteroatoms. The Kier molecular flexibility index (Phi) is 4.67. The normalized spacial score (nSPS) is 11.7. The predicted molar refractivity (Wildman–Crippen MR) is 69.7 cm³/mol. The van der Waals surface area contributed by atoms with Crippen LogP contribution in [0.2, 0.25) is 0 Å². The van der Waals surface area contributed by atoms with Crippen molar-refractivity contribution in [1.29, 1.82) is 0 Å². The van der Waals surface area contributed by atoms with E-state index >= 15 is 0 Å². The van der Waals surface area contributed by atoms with Gasteiger partial charge in [0.25, 0.3) is 5.91 Å². The van der Waals surface area contributed by atoms with Crippen LogP contribution in [0.3, 0.4) is 0 Å². The lowest BCUT2D eigenvalue weighted by Gasteiger charge is -2.14. The SMILES string of the molecule is Cc1ccc(C(=O)NC(C)CC(N)=O)c(NN)c1. The number of hydrazine groups is 1. The van der Waals surface area contributed by atoms with Gasteiger partial charge in [0.1, 0.15) is 0 Å². The average molecular weight is 250 g/mol. The number of nitrogens with one attached hydrogen (secondary N) is 2. The van der Waals surface area contributed by atoms with E-state index in [0.717, 1.165) is 5.56 Å². The molecule has 0 aliphatic carbocycles. The second-order valence-corrected chi connectivity index (χ2v) is 4.24. The van der Waals surface area contributed by atoms with Gasteiger partial charge in [-0.2, -0.15) is 0 Å². The van der Waals surface area contributed by atoms with E-state index in [0.29, 0.717) is 11.3 Å². The first-order valence-corrected chi connectivity index (χ1v) is 5.60. The summed E-state index contributed by atoms with van der Waals surface area (Å²) in [6, 6.07) is 4.95. The number of hydrogen-bond acceptors (Lipinski definition) is 4. The highest BCUT2D eigenvalue weighted by Crippen LogP contribution is 2.16. The van der Waals surface area contributed by atoms with Crippen molar-refractivity contribution in [2.45, 2.75) is 26.3 Å². The van der Waals surface area contributed by atoms with E-state index in [9.17, 15) is 9.59 Å². The monoisotopic (exact) mass is 250 g/mol. The maximum atomic E-state index is 12.0. The molecule has 0 saturated heterocycles. The zero-order valence-corrected chi connectivity index (χ0v) is 10.5. The van der Waals surface area contributed by atoms with Crippen molar-refractivity contribution >= 4 is 17.5 Å². The molecule has 1 atom stereocenters. The van der Waals surface area contributed by atoms with Crippen molar-refractivity contribution in [3.05, 3.63) is 29.3 Å². The van der Waals surface area contributed by atoms with E-state index in [-0.39, 0.29) is 18.4 Å². The summed E-state index contributed by atoms with van der Waals surface area (Å²) in [6.07, 6.45) is 0.100. The number of carbonyl (C=O) groups is 2. The van der Waals surface area contributed by atoms with Gasteiger partial charge in [-0.05, 0) is 31.5 Å². The van der Waals surface area contributed by atoms with Crippen molar-refractivity contribution in [3.63, 3.8) is 0 Å². The lowest BCUT2D eigenvalue weighted by molar-refractivity contribution is -0.118. The Morgan fingerprint density at radius 3 is 2.61 bits per heavy atom. The summed E-state index contributed by atoms with van der Waals surface area (Å²) in [6.45, 7) is 3.62. The zero-order valence-electron chi connectivity index (χ0n) is 10.5. The molecular formula is C12H18N4O2. The third-order valence-corrected chi connectivity index (χ3v) is 2.46. The van der Waals surface area contributed by atoms with Gasteiger partial charge in [0, 0.05) is 12.5 Å². The van der Waals surface area contributed by atoms with Crippen LogP contribution in [-0.4, -0.2) is 17.9 Å². The highest BCUT2D eigenvalue weighted by atomic mass is 16.2. The van der Waals surface area contributed by atoms with Crippen molar-refractivity contribution in [3.8, 4) is 0 Å². The Bertz CT molecular complexity index is 459. The second kappa shape index (κ2) is 6.02. The minimum absolute atomic E-state index is 0.100. The first-order chi connectivity index (χ1) is 8.43. The largest absolute Gasteiger partial charge is 0.370 e. The summed E-state index contributed by atoms with van der Waals surface area (Å²) in [4.78, 5) is 22.7. The molecule has 0 saturated carbocycles. The number of hydrogen-bond donors (Lipinski definition) is 4. The van der Waals surface area contributed by atoms with E-state index in [1.165, 1.54) is 0 Å². The molecule has 2 amide bonds. The Labute approximate surface area is 106 Å². The fourth-order valence-corrected chi connectivity index (χ4v) is 1.63. The molecular weight excluding hydrogens is 232 g/mol. The lowest BCUT2D eigenvalue weighted by atomic mass is 10.1. The van der Waals surface area contributed by atoms with Crippen LogP contribution >= 0.6 is 0 Å². The number of aryl methyl sites for hydroxylation is 1. The molecule has 98 valence electrons. The van der Waals surface area contributed by atoms with Crippen molar-refractivity contribution in [2.24, 2.45) is 11.6 Å². The van der Waals surface area contributed by atoms with Crippen LogP contribution in [0.15, 0.2) is 18.2 Å². The van der Waals surface area contributed by atoms with Gasteiger partial charge in [-0.1, -0.05) is 6.07 Å². The molecule has 1 aromatic rings. The highest BCUT2D eigenvalue weighted by molar-refractivity contribution is 6.00. The van der Waals surface area contributed by atoms with Gasteiger partial charge in [-0.15, -0.1) is 0 Å². The predicted octanol–water partition coefficient (Wildman–Crippen LogP) is 0.274. The molecule has 0 heterocycles. The third-order valence-electron chi connectivity index (χ3n) is 2.46. The van der Waals surface area contributed by atoms with E-state index in [2.05, 4.69) is 10.7 Å². The van der Waals surface area contributed by atoms with Crippen molar-refractivity contribution < 1.29 is 9.59 Å². The number of primary amides is 1. The fourth-order valence-electron chi connectivity index (χ4n) is 1.63. The van der Waals surface area contributed by atoms with Crippen LogP contribution in [0.5, 0.6) is 0 Å². The summed E-state index contributed by atoms with van der Waals surface area (Å²) in [5, 5.41) is 2.69. The van der Waals surface area contributed by atoms with Crippen LogP contribution in [0.1, 0.15) is 29.3 Å². The summed E-state index contributed by atoms with van der Waals surface area (Å²) in [7, 11) is 0. The molecule has 18 heavy (non-hydrogen) atoms. The van der Waals surface area contributed by atoms with Gasteiger partial charge in [-0.25, -0.2) is 0 Å². The van der Waals surface area contributed by atoms with E-state index in [1.54, 1.807) is 19.1 Å². The molecule has 1 rings (SSSR count). The van der Waals surface area contributed by atoms with Gasteiger partial charge < -0.3 is 16.5 Å². The minimum atomic E-state index is -0.455. The Balaban J connectivity index is 2.81. The fraction of sp³-hybridized carbons (Fsp3) is 0.333. The van der Waals surface area contributed by atoms with Gasteiger partial charge in [0.15, 0.2) is 0 Å². The van der Waals surface area contributed by atoms with Crippen LogP contribution in [0.4, 0.5) is 5.69 Å². The average Bonchev–Trinajstić information content (AvgIpc) is 2.27. The molecule has 1 unspecified atom stereocenters. The second-order valence-electron chi connectivity index (χ2n) is 4.24. The summed E-state index contributed by atoms with van der Waals surface area (Å²) >= 11 is 0. The van der Waals surface area contributed by atoms with E-state index in [4.69, 9.17) is 11.6 Å². The number of nitrogens with two attached hydrogens (primary N) is 2. The Hall–Kier alpha value is -2.08. The molecule has 0 radical (unpaired) electrons. The molecule has 0 aromatic heterocycles. The Morgan fingerprint density at radius 1 is 1.39 bits per heavy atom. The maximum absolute atomic E-state index is 12.0. The van der Waals surface area contributed by atoms with Crippen LogP contribution in [-0.2, 0) is 4.79 Å². The van der Waals surface area contributed by atoms with Gasteiger partial charge in [0.2, 0.25) is 5.91 Å². The highest BCUT2D eigenvalue weighted by Gasteiger charge is 2.14. The van der Waals surface area contributed by atoms with Crippen LogP contribution in [0.25, 0.3) is 0 Å². The number of amides is 2. The maximum Gasteiger partial charge on any atom is 0.253 e. The minimum Gasteiger partial charge on any atom is -0.370 e. The summed E-state index contributed by atoms with van der Waals surface area (Å²) < 4.78 is 0. The molecule has 0 bridgehead atoms. The first kappa shape index (κ1) is 14.0. The number of nitrogen functional groups attached to an aromatic ring is 1. The standard InChI is InChI=1S/C12H18N4O2/c1-7-3-4-9(10(5-7)16-14)12(18)15-8(2)6-11(13)17/h3-5,8,16H,6,14H2,1-2H3,(H2,13,17)(H,15,18). The number of rotatable bonds is 5. The third kappa shape index (κ3) is 3.74. The zero-order chi connectivity index (χ0) is 13.7. The van der Waals surface area contributed by atoms with E-state index < -0.39 is 5.91 Å². The van der Waals surface area contributed by atoms with Crippen LogP contribution in [0, 0.1) is 6.92 Å². The van der Waals surface area contributed by atoms with Gasteiger partial charge in [0.05, 0.1) is 11.3 Å². The summed E-state index contributed by atoms with van der Waals surface area (Å²) in [5.41, 5.74) is 9.50. The van der Waals surface area contributed by atoms with Crippen LogP contribution < -0.4 is 22.3 Å². The number of benzene rings is 1. The molecule has 6 N–H and O–H groups in total. The Morgan fingerprint density at radius 2 is 2.06 bits per heavy atom. The molecule has 1 aromatic carbocycles. The molecule has 0 aliphatic rings. The quantitative estimate of drug-likeness (QED) is 0.444. The molecule has 0 aliphatic heterocycles. The molecule has 6 nitrogen and oxygen atoms in total. The molecule has 0 fully saturated rings. The first-order valence-electron chi connectivity index (χ1n) is 5.60. The topological polar surface area (TPSA) is 110 Å². The number of anilines is 1. The lowest BCUT2D eigenvalue weighted by Crippen LogP contribution is -2.36. The van der Waals surface area contributed by atoms with Crippen molar-refractivity contribution in [1.82, 2.24) is 5.32 Å². The van der Waals surface area contributed by atoms with Crippen molar-refractivity contribution in [2.75, 3.05) is 5.43 Å². The van der Waals surface area contributed by atoms with Gasteiger partial charge in [-0.3, -0.25) is 15.4 Å². The summed E-state index contributed by atoms with van der Waals surface area (Å²) in [5.74, 6) is 4.62. The van der Waals surface area contributed by atoms with E-state index in [1.807, 2.05) is 13.0 Å². The smallest absolute Gasteiger partial charge is 0.253 e. The number of carbonyl (C=O) groups excluding carboxylic acids is 2. The molecule has 0 spiro atoms.